The van der Waals surface area contributed by atoms with E-state index in [0.29, 0.717) is 5.39 Å². The highest BCUT2D eigenvalue weighted by atomic mass is 16.5. The Morgan fingerprint density at radius 1 is 1.04 bits per heavy atom. The number of aromatic nitrogens is 1. The summed E-state index contributed by atoms with van der Waals surface area (Å²) in [5.41, 5.74) is 7.09. The Morgan fingerprint density at radius 2 is 1.73 bits per heavy atom. The lowest BCUT2D eigenvalue weighted by atomic mass is 10.0. The number of ether oxygens (including phenoxy) is 1. The van der Waals surface area contributed by atoms with Gasteiger partial charge in [-0.05, 0) is 11.6 Å². The lowest BCUT2D eigenvalue weighted by Crippen LogP contribution is -2.49. The molecule has 7 nitrogen and oxygen atoms in total. The van der Waals surface area contributed by atoms with Crippen molar-refractivity contribution in [2.24, 2.45) is 5.73 Å². The standard InChI is InChI=1S/C19H17N3O4/c20-18(24)16(22-19(25)26-11-12-6-2-1-3-7-12)17(23)14-10-21-15-9-5-4-8-13(14)15/h1-10,16,21H,11H2,(H2,20,24)(H,22,25)/t16-/m0/s1. The van der Waals surface area contributed by atoms with Crippen molar-refractivity contribution in [1.82, 2.24) is 10.3 Å². The van der Waals surface area contributed by atoms with Crippen LogP contribution in [-0.2, 0) is 16.1 Å². The molecule has 1 atom stereocenters. The fourth-order valence-corrected chi connectivity index (χ4v) is 2.58. The largest absolute Gasteiger partial charge is 0.445 e. The Kier molecular flexibility index (Phi) is 4.98. The molecule has 0 spiro atoms. The molecule has 0 saturated carbocycles. The first-order valence-electron chi connectivity index (χ1n) is 7.93. The van der Waals surface area contributed by atoms with E-state index in [9.17, 15) is 14.4 Å². The number of Topliss-reactive ketones (excluding diaryl/α,β-unsaturated/α-hetero) is 1. The van der Waals surface area contributed by atoms with Crippen LogP contribution in [0.4, 0.5) is 4.79 Å². The van der Waals surface area contributed by atoms with E-state index in [1.54, 1.807) is 30.3 Å². The van der Waals surface area contributed by atoms with Gasteiger partial charge in [-0.25, -0.2) is 4.79 Å². The third-order valence-corrected chi connectivity index (χ3v) is 3.88. The number of carbonyl (C=O) groups is 3. The molecule has 1 aromatic heterocycles. The number of ketones is 1. The molecule has 3 rings (SSSR count). The van der Waals surface area contributed by atoms with Crippen molar-refractivity contribution in [2.75, 3.05) is 0 Å². The Balaban J connectivity index is 1.71. The molecule has 2 amide bonds. The number of benzene rings is 2. The van der Waals surface area contributed by atoms with E-state index in [4.69, 9.17) is 10.5 Å². The molecule has 7 heteroatoms. The molecule has 0 bridgehead atoms. The van der Waals surface area contributed by atoms with Crippen molar-refractivity contribution in [3.8, 4) is 0 Å². The van der Waals surface area contributed by atoms with Crippen LogP contribution in [0.2, 0.25) is 0 Å². The van der Waals surface area contributed by atoms with Gasteiger partial charge in [0.15, 0.2) is 11.8 Å². The van der Waals surface area contributed by atoms with Gasteiger partial charge in [0.1, 0.15) is 6.61 Å². The van der Waals surface area contributed by atoms with Crippen LogP contribution in [0.3, 0.4) is 0 Å². The first kappa shape index (κ1) is 17.2. The predicted octanol–water partition coefficient (Wildman–Crippen LogP) is 2.13. The number of H-pyrrole nitrogens is 1. The summed E-state index contributed by atoms with van der Waals surface area (Å²) in [6.07, 6.45) is 0.589. The van der Waals surface area contributed by atoms with Crippen molar-refractivity contribution in [2.45, 2.75) is 12.6 Å². The van der Waals surface area contributed by atoms with Crippen LogP contribution < -0.4 is 11.1 Å². The number of fused-ring (bicyclic) bond motifs is 1. The van der Waals surface area contributed by atoms with E-state index >= 15 is 0 Å². The molecule has 3 aromatic rings. The van der Waals surface area contributed by atoms with Gasteiger partial charge in [-0.15, -0.1) is 0 Å². The molecule has 0 unspecified atom stereocenters. The maximum atomic E-state index is 12.7. The third kappa shape index (κ3) is 3.72. The zero-order chi connectivity index (χ0) is 18.5. The van der Waals surface area contributed by atoms with Gasteiger partial charge in [0, 0.05) is 22.7 Å². The van der Waals surface area contributed by atoms with Crippen LogP contribution >= 0.6 is 0 Å². The minimum atomic E-state index is -1.52. The number of amides is 2. The summed E-state index contributed by atoms with van der Waals surface area (Å²) >= 11 is 0. The van der Waals surface area contributed by atoms with Crippen molar-refractivity contribution in [1.29, 1.82) is 0 Å². The average Bonchev–Trinajstić information content (AvgIpc) is 3.08. The Morgan fingerprint density at radius 3 is 2.46 bits per heavy atom. The van der Waals surface area contributed by atoms with Crippen LogP contribution in [0.25, 0.3) is 10.9 Å². The number of para-hydroxylation sites is 1. The second-order valence-corrected chi connectivity index (χ2v) is 5.65. The number of alkyl carbamates (subject to hydrolysis) is 1. The highest BCUT2D eigenvalue weighted by Crippen LogP contribution is 2.19. The van der Waals surface area contributed by atoms with E-state index in [1.165, 1.54) is 6.20 Å². The number of nitrogens with two attached hydrogens (primary N) is 1. The summed E-state index contributed by atoms with van der Waals surface area (Å²) in [6, 6.07) is 14.6. The number of hydrogen-bond acceptors (Lipinski definition) is 4. The number of nitrogens with one attached hydrogen (secondary N) is 2. The van der Waals surface area contributed by atoms with E-state index < -0.39 is 23.8 Å². The van der Waals surface area contributed by atoms with Gasteiger partial charge in [-0.3, -0.25) is 9.59 Å². The number of primary amides is 1. The maximum absolute atomic E-state index is 12.7. The summed E-state index contributed by atoms with van der Waals surface area (Å²) in [7, 11) is 0. The number of rotatable bonds is 6. The SMILES string of the molecule is NC(=O)[C@@H](NC(=O)OCc1ccccc1)C(=O)c1c[nH]c2ccccc12. The van der Waals surface area contributed by atoms with Gasteiger partial charge in [-0.1, -0.05) is 48.5 Å². The predicted molar refractivity (Wildman–Crippen MR) is 95.4 cm³/mol. The lowest BCUT2D eigenvalue weighted by Gasteiger charge is -2.14. The Hall–Kier alpha value is -3.61. The lowest BCUT2D eigenvalue weighted by molar-refractivity contribution is -0.118. The zero-order valence-electron chi connectivity index (χ0n) is 13.8. The van der Waals surface area contributed by atoms with Crippen molar-refractivity contribution in [3.05, 3.63) is 71.9 Å². The highest BCUT2D eigenvalue weighted by Gasteiger charge is 2.29. The molecule has 4 N–H and O–H groups in total. The molecular formula is C19H17N3O4. The highest BCUT2D eigenvalue weighted by molar-refractivity contribution is 6.19. The normalized spacial score (nSPS) is 11.7. The van der Waals surface area contributed by atoms with Crippen LogP contribution in [0.15, 0.2) is 60.8 Å². The molecule has 0 aliphatic heterocycles. The molecule has 1 heterocycles. The molecule has 0 aliphatic carbocycles. The monoisotopic (exact) mass is 351 g/mol. The fourth-order valence-electron chi connectivity index (χ4n) is 2.58. The van der Waals surface area contributed by atoms with Crippen LogP contribution in [0.5, 0.6) is 0 Å². The maximum Gasteiger partial charge on any atom is 0.408 e. The Labute approximate surface area is 149 Å². The molecule has 0 saturated heterocycles. The molecule has 132 valence electrons. The summed E-state index contributed by atoms with van der Waals surface area (Å²) in [4.78, 5) is 39.3. The van der Waals surface area contributed by atoms with Gasteiger partial charge in [0.2, 0.25) is 5.91 Å². The van der Waals surface area contributed by atoms with Crippen LogP contribution in [-0.4, -0.2) is 28.8 Å². The third-order valence-electron chi connectivity index (χ3n) is 3.88. The quantitative estimate of drug-likeness (QED) is 0.466. The van der Waals surface area contributed by atoms with Crippen molar-refractivity contribution < 1.29 is 19.1 Å². The van der Waals surface area contributed by atoms with E-state index in [-0.39, 0.29) is 12.2 Å². The number of aromatic amines is 1. The van der Waals surface area contributed by atoms with Gasteiger partial charge >= 0.3 is 6.09 Å². The smallest absolute Gasteiger partial charge is 0.408 e. The summed E-state index contributed by atoms with van der Waals surface area (Å²) < 4.78 is 5.05. The fraction of sp³-hybridized carbons (Fsp3) is 0.105. The topological polar surface area (TPSA) is 114 Å². The molecular weight excluding hydrogens is 334 g/mol. The second kappa shape index (κ2) is 7.52. The molecule has 26 heavy (non-hydrogen) atoms. The minimum Gasteiger partial charge on any atom is -0.445 e. The van der Waals surface area contributed by atoms with Crippen molar-refractivity contribution >= 4 is 28.7 Å². The minimum absolute atomic E-state index is 0.0133. The summed E-state index contributed by atoms with van der Waals surface area (Å²) in [6.45, 7) is 0.0133. The van der Waals surface area contributed by atoms with Crippen molar-refractivity contribution in [3.63, 3.8) is 0 Å². The van der Waals surface area contributed by atoms with Gasteiger partial charge in [0.05, 0.1) is 0 Å². The molecule has 0 aliphatic rings. The summed E-state index contributed by atoms with van der Waals surface area (Å²) in [5.74, 6) is -1.57. The van der Waals surface area contributed by atoms with E-state index in [1.807, 2.05) is 24.3 Å². The number of hydrogen-bond donors (Lipinski definition) is 3. The Bertz CT molecular complexity index is 950. The van der Waals surface area contributed by atoms with Gasteiger partial charge in [0.25, 0.3) is 0 Å². The molecule has 0 radical (unpaired) electrons. The first-order chi connectivity index (χ1) is 12.6. The zero-order valence-corrected chi connectivity index (χ0v) is 13.8. The van der Waals surface area contributed by atoms with Crippen LogP contribution in [0.1, 0.15) is 15.9 Å². The summed E-state index contributed by atoms with van der Waals surface area (Å²) in [5, 5.41) is 2.88. The number of carbonyl (C=O) groups excluding carboxylic acids is 3. The van der Waals surface area contributed by atoms with E-state index in [0.717, 1.165) is 11.1 Å². The van der Waals surface area contributed by atoms with Gasteiger partial charge in [-0.2, -0.15) is 0 Å². The average molecular weight is 351 g/mol. The molecule has 2 aromatic carbocycles. The van der Waals surface area contributed by atoms with Crippen LogP contribution in [0, 0.1) is 0 Å². The first-order valence-corrected chi connectivity index (χ1v) is 7.93. The van der Waals surface area contributed by atoms with Gasteiger partial charge < -0.3 is 20.8 Å². The van der Waals surface area contributed by atoms with E-state index in [2.05, 4.69) is 10.3 Å². The molecule has 0 fully saturated rings. The second-order valence-electron chi connectivity index (χ2n) is 5.65.